The molecule has 172 valence electrons. The number of urea groups is 1. The van der Waals surface area contributed by atoms with Crippen LogP contribution >= 0.6 is 0 Å². The third kappa shape index (κ3) is 3.81. The Hall–Kier alpha value is -3.48. The number of rotatable bonds is 3. The van der Waals surface area contributed by atoms with Gasteiger partial charge in [-0.05, 0) is 75.4 Å². The molecule has 1 N–H and O–H groups in total. The molecule has 0 radical (unpaired) electrons. The van der Waals surface area contributed by atoms with Crippen molar-refractivity contribution in [2.75, 3.05) is 16.3 Å². The van der Waals surface area contributed by atoms with Gasteiger partial charge in [0.25, 0.3) is 11.8 Å². The molecular weight excluding hydrogens is 421 g/mol. The summed E-state index contributed by atoms with van der Waals surface area (Å²) in [5.41, 5.74) is 2.63. The lowest BCUT2D eigenvalue weighted by atomic mass is 9.79. The Morgan fingerprint density at radius 1 is 1.15 bits per heavy atom. The van der Waals surface area contributed by atoms with Crippen LogP contribution in [0.2, 0.25) is 0 Å². The Balaban J connectivity index is 1.79. The number of carbonyl (C=O) groups is 3. The lowest BCUT2D eigenvalue weighted by molar-refractivity contribution is -0.122. The highest BCUT2D eigenvalue weighted by Gasteiger charge is 2.39. The highest BCUT2D eigenvalue weighted by molar-refractivity contribution is 6.39. The van der Waals surface area contributed by atoms with Gasteiger partial charge < -0.3 is 4.90 Å². The molecule has 0 bridgehead atoms. The molecule has 4 rings (SSSR count). The standard InChI is InChI=1S/C26H28FN3O3/c1-6-29-22-13-20(27)17(11-18(22)16(3)14-26(29,4)5)12-19-23(31)28-25(33)30(24(19)32)21-10-8-7-9-15(21)2/h7-13,16H,6,14H2,1-5H3,(H,28,31,33)/b19-12-. The van der Waals surface area contributed by atoms with Crippen molar-refractivity contribution in [1.29, 1.82) is 0 Å². The van der Waals surface area contributed by atoms with Gasteiger partial charge in [0.1, 0.15) is 11.4 Å². The zero-order valence-corrected chi connectivity index (χ0v) is 19.5. The van der Waals surface area contributed by atoms with Crippen molar-refractivity contribution in [3.8, 4) is 0 Å². The Labute approximate surface area is 193 Å². The molecule has 1 unspecified atom stereocenters. The normalized spacial score (nSPS) is 21.3. The first kappa shape index (κ1) is 22.7. The summed E-state index contributed by atoms with van der Waals surface area (Å²) in [4.78, 5) is 41.3. The number of aryl methyl sites for hydroxylation is 1. The van der Waals surface area contributed by atoms with Gasteiger partial charge in [0.2, 0.25) is 0 Å². The van der Waals surface area contributed by atoms with Crippen molar-refractivity contribution in [1.82, 2.24) is 5.32 Å². The lowest BCUT2D eigenvalue weighted by Gasteiger charge is -2.47. The van der Waals surface area contributed by atoms with Crippen LogP contribution in [0.4, 0.5) is 20.6 Å². The average Bonchev–Trinajstić information content (AvgIpc) is 2.72. The van der Waals surface area contributed by atoms with E-state index in [0.717, 1.165) is 29.1 Å². The molecule has 2 aliphatic heterocycles. The van der Waals surface area contributed by atoms with Crippen molar-refractivity contribution in [3.63, 3.8) is 0 Å². The highest BCUT2D eigenvalue weighted by atomic mass is 19.1. The molecule has 0 saturated carbocycles. The summed E-state index contributed by atoms with van der Waals surface area (Å²) in [7, 11) is 0. The Morgan fingerprint density at radius 3 is 2.52 bits per heavy atom. The van der Waals surface area contributed by atoms with E-state index in [1.165, 1.54) is 12.1 Å². The first-order valence-corrected chi connectivity index (χ1v) is 11.1. The van der Waals surface area contributed by atoms with Gasteiger partial charge in [0, 0.05) is 23.3 Å². The third-order valence-electron chi connectivity index (χ3n) is 6.58. The largest absolute Gasteiger partial charge is 0.366 e. The fourth-order valence-corrected chi connectivity index (χ4v) is 5.08. The van der Waals surface area contributed by atoms with Gasteiger partial charge in [-0.1, -0.05) is 25.1 Å². The number of fused-ring (bicyclic) bond motifs is 1. The number of amides is 4. The summed E-state index contributed by atoms with van der Waals surface area (Å²) in [5, 5.41) is 2.20. The number of imide groups is 2. The van der Waals surface area contributed by atoms with Crippen LogP contribution < -0.4 is 15.1 Å². The topological polar surface area (TPSA) is 69.7 Å². The van der Waals surface area contributed by atoms with Crippen LogP contribution in [0.25, 0.3) is 6.08 Å². The minimum absolute atomic E-state index is 0.110. The second-order valence-corrected chi connectivity index (χ2v) is 9.34. The van der Waals surface area contributed by atoms with Crippen molar-refractivity contribution >= 4 is 35.3 Å². The maximum Gasteiger partial charge on any atom is 0.335 e. The van der Waals surface area contributed by atoms with Crippen LogP contribution in [0.15, 0.2) is 42.0 Å². The average molecular weight is 450 g/mol. The van der Waals surface area contributed by atoms with Crippen LogP contribution in [0.1, 0.15) is 56.7 Å². The summed E-state index contributed by atoms with van der Waals surface area (Å²) in [6.07, 6.45) is 2.14. The minimum atomic E-state index is -0.837. The van der Waals surface area contributed by atoms with Gasteiger partial charge in [-0.15, -0.1) is 0 Å². The smallest absolute Gasteiger partial charge is 0.335 e. The lowest BCUT2D eigenvalue weighted by Crippen LogP contribution is -2.54. The quantitative estimate of drug-likeness (QED) is 0.534. The molecule has 2 aromatic carbocycles. The summed E-state index contributed by atoms with van der Waals surface area (Å²) in [6.45, 7) is 10.9. The number of barbiturate groups is 1. The highest BCUT2D eigenvalue weighted by Crippen LogP contribution is 2.44. The van der Waals surface area contributed by atoms with Crippen molar-refractivity contribution < 1.29 is 18.8 Å². The number of hydrogen-bond acceptors (Lipinski definition) is 4. The van der Waals surface area contributed by atoms with Crippen molar-refractivity contribution in [2.24, 2.45) is 0 Å². The van der Waals surface area contributed by atoms with E-state index in [1.54, 1.807) is 37.3 Å². The van der Waals surface area contributed by atoms with E-state index < -0.39 is 23.7 Å². The molecule has 33 heavy (non-hydrogen) atoms. The Morgan fingerprint density at radius 2 is 1.85 bits per heavy atom. The van der Waals surface area contributed by atoms with Crippen LogP contribution in [0.3, 0.4) is 0 Å². The van der Waals surface area contributed by atoms with Gasteiger partial charge in [-0.2, -0.15) is 0 Å². The molecule has 2 heterocycles. The van der Waals surface area contributed by atoms with E-state index in [2.05, 4.69) is 31.0 Å². The fourth-order valence-electron chi connectivity index (χ4n) is 5.08. The van der Waals surface area contributed by atoms with Crippen molar-refractivity contribution in [2.45, 2.75) is 52.5 Å². The fraction of sp³-hybridized carbons (Fsp3) is 0.346. The number of nitrogens with zero attached hydrogens (tertiary/aromatic N) is 2. The maximum absolute atomic E-state index is 15.2. The number of para-hydroxylation sites is 1. The second kappa shape index (κ2) is 8.14. The van der Waals surface area contributed by atoms with E-state index >= 15 is 4.39 Å². The first-order valence-electron chi connectivity index (χ1n) is 11.1. The molecule has 2 aliphatic rings. The summed E-state index contributed by atoms with van der Waals surface area (Å²) in [5.74, 6) is -1.96. The molecule has 7 heteroatoms. The van der Waals surface area contributed by atoms with Crippen LogP contribution in [0.5, 0.6) is 0 Å². The summed E-state index contributed by atoms with van der Waals surface area (Å²) >= 11 is 0. The molecular formula is C26H28FN3O3. The van der Waals surface area contributed by atoms with E-state index in [-0.39, 0.29) is 22.6 Å². The first-order chi connectivity index (χ1) is 15.5. The van der Waals surface area contributed by atoms with Gasteiger partial charge in [-0.3, -0.25) is 14.9 Å². The zero-order chi connectivity index (χ0) is 24.1. The SMILES string of the molecule is CCN1c2cc(F)c(/C=C3/C(=O)NC(=O)N(c4ccccc4C)C3=O)cc2C(C)CC1(C)C. The predicted molar refractivity (Wildman–Crippen MR) is 127 cm³/mol. The summed E-state index contributed by atoms with van der Waals surface area (Å²) in [6, 6.07) is 9.26. The van der Waals surface area contributed by atoms with Gasteiger partial charge in [-0.25, -0.2) is 14.1 Å². The molecule has 2 aromatic rings. The minimum Gasteiger partial charge on any atom is -0.366 e. The Bertz CT molecular complexity index is 1200. The number of halogens is 1. The molecule has 1 saturated heterocycles. The molecule has 0 aromatic heterocycles. The summed E-state index contributed by atoms with van der Waals surface area (Å²) < 4.78 is 15.2. The number of nitrogens with one attached hydrogen (secondary N) is 1. The number of hydrogen-bond donors (Lipinski definition) is 1. The van der Waals surface area contributed by atoms with Crippen LogP contribution in [-0.4, -0.2) is 29.9 Å². The second-order valence-electron chi connectivity index (χ2n) is 9.34. The Kier molecular flexibility index (Phi) is 5.60. The molecule has 6 nitrogen and oxygen atoms in total. The molecule has 0 aliphatic carbocycles. The van der Waals surface area contributed by atoms with E-state index in [9.17, 15) is 14.4 Å². The predicted octanol–water partition coefficient (Wildman–Crippen LogP) is 4.91. The molecule has 0 spiro atoms. The molecule has 1 fully saturated rings. The maximum atomic E-state index is 15.2. The van der Waals surface area contributed by atoms with Crippen molar-refractivity contribution in [3.05, 3.63) is 64.5 Å². The molecule has 4 amide bonds. The van der Waals surface area contributed by atoms with E-state index in [1.807, 2.05) is 6.92 Å². The third-order valence-corrected chi connectivity index (χ3v) is 6.58. The van der Waals surface area contributed by atoms with Gasteiger partial charge in [0.15, 0.2) is 0 Å². The van der Waals surface area contributed by atoms with Crippen LogP contribution in [0, 0.1) is 12.7 Å². The zero-order valence-electron chi connectivity index (χ0n) is 19.5. The van der Waals surface area contributed by atoms with E-state index in [0.29, 0.717) is 11.3 Å². The van der Waals surface area contributed by atoms with Crippen LogP contribution in [-0.2, 0) is 9.59 Å². The number of benzene rings is 2. The number of carbonyl (C=O) groups excluding carboxylic acids is 3. The molecule has 1 atom stereocenters. The van der Waals surface area contributed by atoms with Gasteiger partial charge >= 0.3 is 6.03 Å². The van der Waals surface area contributed by atoms with E-state index in [4.69, 9.17) is 0 Å². The number of anilines is 2. The monoisotopic (exact) mass is 449 g/mol. The van der Waals surface area contributed by atoms with Gasteiger partial charge in [0.05, 0.1) is 5.69 Å².